The van der Waals surface area contributed by atoms with Gasteiger partial charge in [0.1, 0.15) is 5.69 Å². The first-order valence-corrected chi connectivity index (χ1v) is 10.9. The Morgan fingerprint density at radius 1 is 1.03 bits per heavy atom. The second kappa shape index (κ2) is 9.10. The number of nitrogens with one attached hydrogen (secondary N) is 2. The third-order valence-corrected chi connectivity index (χ3v) is 6.63. The predicted molar refractivity (Wildman–Crippen MR) is 114 cm³/mol. The van der Waals surface area contributed by atoms with Gasteiger partial charge in [0.25, 0.3) is 5.91 Å². The summed E-state index contributed by atoms with van der Waals surface area (Å²) in [6.07, 6.45) is 0. The van der Waals surface area contributed by atoms with Crippen LogP contribution in [-0.2, 0) is 19.6 Å². The zero-order valence-electron chi connectivity index (χ0n) is 16.7. The average Bonchev–Trinajstić information content (AvgIpc) is 3.17. The third-order valence-electron chi connectivity index (χ3n) is 4.57. The van der Waals surface area contributed by atoms with E-state index in [2.05, 4.69) is 10.3 Å². The number of rotatable bonds is 8. The lowest BCUT2D eigenvalue weighted by Gasteiger charge is -2.18. The summed E-state index contributed by atoms with van der Waals surface area (Å²) in [5, 5.41) is 3.45. The summed E-state index contributed by atoms with van der Waals surface area (Å²) in [7, 11) is -3.56. The van der Waals surface area contributed by atoms with Gasteiger partial charge in [0.2, 0.25) is 10.0 Å². The highest BCUT2D eigenvalue weighted by Gasteiger charge is 2.21. The van der Waals surface area contributed by atoms with Crippen LogP contribution >= 0.6 is 0 Å². The minimum atomic E-state index is -3.56. The van der Waals surface area contributed by atoms with Crippen molar-refractivity contribution in [3.63, 3.8) is 0 Å². The van der Waals surface area contributed by atoms with Gasteiger partial charge in [-0.1, -0.05) is 32.0 Å². The first kappa shape index (κ1) is 21.5. The molecule has 0 atom stereocenters. The summed E-state index contributed by atoms with van der Waals surface area (Å²) in [6.45, 7) is 3.82. The van der Waals surface area contributed by atoms with Crippen molar-refractivity contribution in [2.75, 3.05) is 25.0 Å². The van der Waals surface area contributed by atoms with E-state index >= 15 is 0 Å². The molecule has 3 aromatic rings. The van der Waals surface area contributed by atoms with E-state index in [1.807, 2.05) is 24.3 Å². The Labute approximate surface area is 174 Å². The molecule has 2 aromatic carbocycles. The van der Waals surface area contributed by atoms with Gasteiger partial charge in [0.15, 0.2) is 6.61 Å². The molecule has 30 heavy (non-hydrogen) atoms. The van der Waals surface area contributed by atoms with Crippen LogP contribution < -0.4 is 5.32 Å². The fourth-order valence-corrected chi connectivity index (χ4v) is 4.47. The summed E-state index contributed by atoms with van der Waals surface area (Å²) in [5.74, 6) is -1.17. The number of aromatic amines is 1. The zero-order valence-corrected chi connectivity index (χ0v) is 17.5. The molecule has 0 aliphatic heterocycles. The van der Waals surface area contributed by atoms with E-state index in [0.29, 0.717) is 18.8 Å². The Hall–Kier alpha value is -3.17. The second-order valence-corrected chi connectivity index (χ2v) is 8.45. The van der Waals surface area contributed by atoms with Gasteiger partial charge in [-0.25, -0.2) is 13.2 Å². The van der Waals surface area contributed by atoms with Crippen LogP contribution in [-0.4, -0.2) is 49.3 Å². The standard InChI is InChI=1S/C21H23N3O5S/c1-3-24(4-2)30(27,28)17-11-9-16(10-12-17)22-20(25)14-29-21(26)19-13-15-7-5-6-8-18(15)23-19/h5-13,23H,3-4,14H2,1-2H3,(H,22,25). The molecule has 0 aliphatic rings. The molecular formula is C21H23N3O5S. The van der Waals surface area contributed by atoms with Crippen molar-refractivity contribution in [2.45, 2.75) is 18.7 Å². The summed E-state index contributed by atoms with van der Waals surface area (Å²) >= 11 is 0. The van der Waals surface area contributed by atoms with Crippen LogP contribution in [0, 0.1) is 0 Å². The minimum Gasteiger partial charge on any atom is -0.451 e. The van der Waals surface area contributed by atoms with Gasteiger partial charge < -0.3 is 15.0 Å². The van der Waals surface area contributed by atoms with E-state index in [-0.39, 0.29) is 10.6 Å². The van der Waals surface area contributed by atoms with Gasteiger partial charge in [-0.3, -0.25) is 4.79 Å². The number of esters is 1. The number of anilines is 1. The molecule has 1 heterocycles. The number of hydrogen-bond acceptors (Lipinski definition) is 5. The molecule has 0 saturated carbocycles. The molecule has 0 saturated heterocycles. The fourth-order valence-electron chi connectivity index (χ4n) is 3.01. The van der Waals surface area contributed by atoms with Crippen LogP contribution in [0.2, 0.25) is 0 Å². The predicted octanol–water partition coefficient (Wildman–Crippen LogP) is 2.99. The van der Waals surface area contributed by atoms with Crippen molar-refractivity contribution in [1.29, 1.82) is 0 Å². The van der Waals surface area contributed by atoms with E-state index in [9.17, 15) is 18.0 Å². The Balaban J connectivity index is 1.57. The normalized spacial score (nSPS) is 11.6. The van der Waals surface area contributed by atoms with Gasteiger partial charge in [0, 0.05) is 29.7 Å². The van der Waals surface area contributed by atoms with Crippen LogP contribution in [0.25, 0.3) is 10.9 Å². The largest absolute Gasteiger partial charge is 0.451 e. The molecule has 2 N–H and O–H groups in total. The Morgan fingerprint density at radius 3 is 2.33 bits per heavy atom. The lowest BCUT2D eigenvalue weighted by Crippen LogP contribution is -2.30. The maximum absolute atomic E-state index is 12.5. The molecule has 0 aliphatic carbocycles. The molecule has 0 unspecified atom stereocenters. The third kappa shape index (κ3) is 4.69. The quantitative estimate of drug-likeness (QED) is 0.535. The summed E-state index contributed by atoms with van der Waals surface area (Å²) in [4.78, 5) is 27.3. The molecule has 0 spiro atoms. The fraction of sp³-hybridized carbons (Fsp3) is 0.238. The Kier molecular flexibility index (Phi) is 6.53. The minimum absolute atomic E-state index is 0.148. The van der Waals surface area contributed by atoms with Gasteiger partial charge in [0.05, 0.1) is 4.90 Å². The number of aromatic nitrogens is 1. The number of hydrogen-bond donors (Lipinski definition) is 2. The second-order valence-electron chi connectivity index (χ2n) is 6.51. The smallest absolute Gasteiger partial charge is 0.355 e. The number of H-pyrrole nitrogens is 1. The van der Waals surface area contributed by atoms with Crippen LogP contribution in [0.4, 0.5) is 5.69 Å². The SMILES string of the molecule is CCN(CC)S(=O)(=O)c1ccc(NC(=O)COC(=O)c2cc3ccccc3[nH]2)cc1. The number of amides is 1. The van der Waals surface area contributed by atoms with Crippen molar-refractivity contribution in [3.05, 3.63) is 60.3 Å². The van der Waals surface area contributed by atoms with Crippen LogP contribution in [0.5, 0.6) is 0 Å². The number of nitrogens with zero attached hydrogens (tertiary/aromatic N) is 1. The highest BCUT2D eigenvalue weighted by atomic mass is 32.2. The molecule has 1 amide bonds. The molecule has 158 valence electrons. The van der Waals surface area contributed by atoms with Crippen molar-refractivity contribution < 1.29 is 22.7 Å². The summed E-state index contributed by atoms with van der Waals surface area (Å²) in [5.41, 5.74) is 1.46. The van der Waals surface area contributed by atoms with Gasteiger partial charge in [-0.2, -0.15) is 4.31 Å². The van der Waals surface area contributed by atoms with Crippen LogP contribution in [0.1, 0.15) is 24.3 Å². The number of sulfonamides is 1. The number of fused-ring (bicyclic) bond motifs is 1. The van der Waals surface area contributed by atoms with Crippen molar-refractivity contribution in [2.24, 2.45) is 0 Å². The van der Waals surface area contributed by atoms with Crippen molar-refractivity contribution >= 4 is 38.5 Å². The molecule has 0 fully saturated rings. The van der Waals surface area contributed by atoms with E-state index in [1.54, 1.807) is 19.9 Å². The lowest BCUT2D eigenvalue weighted by atomic mass is 10.2. The average molecular weight is 429 g/mol. The van der Waals surface area contributed by atoms with Gasteiger partial charge >= 0.3 is 5.97 Å². The highest BCUT2D eigenvalue weighted by Crippen LogP contribution is 2.18. The molecule has 1 aromatic heterocycles. The number of ether oxygens (including phenoxy) is 1. The first-order valence-electron chi connectivity index (χ1n) is 9.50. The highest BCUT2D eigenvalue weighted by molar-refractivity contribution is 7.89. The summed E-state index contributed by atoms with van der Waals surface area (Å²) in [6, 6.07) is 14.9. The molecule has 3 rings (SSSR count). The monoisotopic (exact) mass is 429 g/mol. The first-order chi connectivity index (χ1) is 14.3. The van der Waals surface area contributed by atoms with Crippen LogP contribution in [0.15, 0.2) is 59.5 Å². The molecule has 0 bridgehead atoms. The number of benzene rings is 2. The topological polar surface area (TPSA) is 109 Å². The Morgan fingerprint density at radius 2 is 1.70 bits per heavy atom. The zero-order chi connectivity index (χ0) is 21.7. The van der Waals surface area contributed by atoms with Crippen LogP contribution in [0.3, 0.4) is 0 Å². The van der Waals surface area contributed by atoms with E-state index in [4.69, 9.17) is 4.74 Å². The molecule has 0 radical (unpaired) electrons. The van der Waals surface area contributed by atoms with E-state index in [0.717, 1.165) is 10.9 Å². The van der Waals surface area contributed by atoms with Crippen molar-refractivity contribution in [1.82, 2.24) is 9.29 Å². The number of carbonyl (C=O) groups is 2. The number of carbonyl (C=O) groups excluding carboxylic acids is 2. The maximum atomic E-state index is 12.5. The van der Waals surface area contributed by atoms with Gasteiger partial charge in [-0.05, 0) is 36.4 Å². The summed E-state index contributed by atoms with van der Waals surface area (Å²) < 4.78 is 31.4. The Bertz CT molecular complexity index is 1120. The molecule has 9 heteroatoms. The van der Waals surface area contributed by atoms with Gasteiger partial charge in [-0.15, -0.1) is 0 Å². The molecule has 8 nitrogen and oxygen atoms in total. The molecular weight excluding hydrogens is 406 g/mol. The van der Waals surface area contributed by atoms with E-state index < -0.39 is 28.5 Å². The van der Waals surface area contributed by atoms with Crippen molar-refractivity contribution in [3.8, 4) is 0 Å². The maximum Gasteiger partial charge on any atom is 0.355 e. The van der Waals surface area contributed by atoms with E-state index in [1.165, 1.54) is 28.6 Å². The number of para-hydroxylation sites is 1. The lowest BCUT2D eigenvalue weighted by molar-refractivity contribution is -0.119.